The lowest BCUT2D eigenvalue weighted by Gasteiger charge is -2.32. The van der Waals surface area contributed by atoms with E-state index in [4.69, 9.17) is 0 Å². The van der Waals surface area contributed by atoms with Gasteiger partial charge in [-0.1, -0.05) is 41.0 Å². The third-order valence-electron chi connectivity index (χ3n) is 3.53. The molecule has 1 aliphatic rings. The van der Waals surface area contributed by atoms with Crippen LogP contribution in [0, 0.1) is 5.92 Å². The van der Waals surface area contributed by atoms with Crippen LogP contribution in [0.4, 0.5) is 0 Å². The molecule has 0 saturated carbocycles. The number of amides is 1. The average molecular weight is 270 g/mol. The van der Waals surface area contributed by atoms with Gasteiger partial charge in [0.05, 0.1) is 0 Å². The van der Waals surface area contributed by atoms with E-state index < -0.39 is 0 Å². The molecule has 0 aromatic carbocycles. The zero-order chi connectivity index (χ0) is 14.7. The van der Waals surface area contributed by atoms with Crippen LogP contribution in [0.5, 0.6) is 0 Å². The fourth-order valence-corrected chi connectivity index (χ4v) is 2.27. The van der Waals surface area contributed by atoms with E-state index in [1.165, 1.54) is 0 Å². The normalized spacial score (nSPS) is 16.2. The molecule has 0 aliphatic carbocycles. The maximum Gasteiger partial charge on any atom is 0.222 e. The predicted octanol–water partition coefficient (Wildman–Crippen LogP) is 3.44. The second-order valence-corrected chi connectivity index (χ2v) is 5.49. The summed E-state index contributed by atoms with van der Waals surface area (Å²) in [4.78, 5) is 13.9. The number of likely N-dealkylation sites (tertiary alicyclic amines) is 1. The first-order valence-corrected chi connectivity index (χ1v) is 8.14. The van der Waals surface area contributed by atoms with Crippen molar-refractivity contribution in [2.45, 2.75) is 72.8 Å². The van der Waals surface area contributed by atoms with E-state index in [0.717, 1.165) is 57.7 Å². The number of nitrogens with one attached hydrogen (secondary N) is 1. The van der Waals surface area contributed by atoms with Crippen molar-refractivity contribution in [1.29, 1.82) is 0 Å². The van der Waals surface area contributed by atoms with E-state index in [-0.39, 0.29) is 0 Å². The Hall–Kier alpha value is -0.570. The molecule has 1 fully saturated rings. The molecule has 19 heavy (non-hydrogen) atoms. The Kier molecular flexibility index (Phi) is 10.9. The molecule has 1 aliphatic heterocycles. The van der Waals surface area contributed by atoms with Gasteiger partial charge in [-0.3, -0.25) is 4.79 Å². The predicted molar refractivity (Wildman–Crippen MR) is 83.3 cm³/mol. The molecule has 1 saturated heterocycles. The summed E-state index contributed by atoms with van der Waals surface area (Å²) in [5.41, 5.74) is 0. The van der Waals surface area contributed by atoms with Gasteiger partial charge >= 0.3 is 0 Å². The Balaban J connectivity index is 0.00000154. The highest BCUT2D eigenvalue weighted by Gasteiger charge is 2.22. The molecule has 0 atom stereocenters. The number of carbonyl (C=O) groups is 1. The lowest BCUT2D eigenvalue weighted by Crippen LogP contribution is -2.41. The minimum absolute atomic E-state index is 0.363. The van der Waals surface area contributed by atoms with E-state index in [1.807, 2.05) is 13.8 Å². The largest absolute Gasteiger partial charge is 0.343 e. The Morgan fingerprint density at radius 1 is 1.26 bits per heavy atom. The van der Waals surface area contributed by atoms with Gasteiger partial charge in [0.15, 0.2) is 0 Å². The zero-order valence-electron chi connectivity index (χ0n) is 13.7. The standard InChI is InChI=1S/C14H28N2O.C2H6/c1-4-5-6-14(17)16-9-7-13(8-10-16)11-15-12(2)3;1-2/h12-13,15H,4-11H2,1-3H3;1-2H3. The second-order valence-electron chi connectivity index (χ2n) is 5.49. The topological polar surface area (TPSA) is 32.3 Å². The second kappa shape index (κ2) is 11.3. The summed E-state index contributed by atoms with van der Waals surface area (Å²) >= 11 is 0. The smallest absolute Gasteiger partial charge is 0.222 e. The fourth-order valence-electron chi connectivity index (χ4n) is 2.27. The summed E-state index contributed by atoms with van der Waals surface area (Å²) in [6.07, 6.45) is 5.22. The molecule has 1 amide bonds. The molecule has 0 aromatic rings. The van der Waals surface area contributed by atoms with Crippen molar-refractivity contribution < 1.29 is 4.79 Å². The van der Waals surface area contributed by atoms with Crippen LogP contribution < -0.4 is 5.32 Å². The molecule has 0 spiro atoms. The zero-order valence-corrected chi connectivity index (χ0v) is 13.7. The van der Waals surface area contributed by atoms with Gasteiger partial charge < -0.3 is 10.2 Å². The van der Waals surface area contributed by atoms with Crippen molar-refractivity contribution in [3.05, 3.63) is 0 Å². The van der Waals surface area contributed by atoms with Gasteiger partial charge in [-0.15, -0.1) is 0 Å². The number of rotatable bonds is 6. The lowest BCUT2D eigenvalue weighted by molar-refractivity contribution is -0.132. The molecule has 0 radical (unpaired) electrons. The molecular formula is C16H34N2O. The number of hydrogen-bond donors (Lipinski definition) is 1. The van der Waals surface area contributed by atoms with Crippen LogP contribution in [0.2, 0.25) is 0 Å². The molecule has 0 bridgehead atoms. The van der Waals surface area contributed by atoms with Gasteiger partial charge in [-0.2, -0.15) is 0 Å². The highest BCUT2D eigenvalue weighted by molar-refractivity contribution is 5.76. The van der Waals surface area contributed by atoms with Crippen LogP contribution in [0.3, 0.4) is 0 Å². The Bertz CT molecular complexity index is 221. The third kappa shape index (κ3) is 8.25. The van der Waals surface area contributed by atoms with Crippen molar-refractivity contribution in [2.24, 2.45) is 5.92 Å². The van der Waals surface area contributed by atoms with Gasteiger partial charge in [0, 0.05) is 25.6 Å². The van der Waals surface area contributed by atoms with Crippen molar-refractivity contribution in [1.82, 2.24) is 10.2 Å². The van der Waals surface area contributed by atoms with Crippen LogP contribution in [0.15, 0.2) is 0 Å². The van der Waals surface area contributed by atoms with Crippen LogP contribution in [0.25, 0.3) is 0 Å². The van der Waals surface area contributed by atoms with Crippen molar-refractivity contribution in [2.75, 3.05) is 19.6 Å². The maximum absolute atomic E-state index is 11.8. The molecule has 1 rings (SSSR count). The molecule has 0 unspecified atom stereocenters. The van der Waals surface area contributed by atoms with E-state index >= 15 is 0 Å². The minimum Gasteiger partial charge on any atom is -0.343 e. The molecule has 0 aromatic heterocycles. The summed E-state index contributed by atoms with van der Waals surface area (Å²) in [7, 11) is 0. The molecule has 3 heteroatoms. The van der Waals surface area contributed by atoms with Crippen LogP contribution in [0.1, 0.15) is 66.7 Å². The third-order valence-corrected chi connectivity index (χ3v) is 3.53. The molecule has 114 valence electrons. The highest BCUT2D eigenvalue weighted by atomic mass is 16.2. The van der Waals surface area contributed by atoms with Crippen molar-refractivity contribution >= 4 is 5.91 Å². The van der Waals surface area contributed by atoms with Gasteiger partial charge in [0.2, 0.25) is 5.91 Å². The van der Waals surface area contributed by atoms with Gasteiger partial charge in [0.25, 0.3) is 0 Å². The first kappa shape index (κ1) is 18.4. The van der Waals surface area contributed by atoms with Gasteiger partial charge in [-0.05, 0) is 31.7 Å². The molecule has 1 heterocycles. The Morgan fingerprint density at radius 2 is 1.84 bits per heavy atom. The lowest BCUT2D eigenvalue weighted by atomic mass is 9.96. The van der Waals surface area contributed by atoms with E-state index in [2.05, 4.69) is 31.0 Å². The van der Waals surface area contributed by atoms with Crippen LogP contribution in [-0.2, 0) is 4.79 Å². The molecule has 1 N–H and O–H groups in total. The Morgan fingerprint density at radius 3 is 2.32 bits per heavy atom. The number of nitrogens with zero attached hydrogens (tertiary/aromatic N) is 1. The monoisotopic (exact) mass is 270 g/mol. The number of hydrogen-bond acceptors (Lipinski definition) is 2. The highest BCUT2D eigenvalue weighted by Crippen LogP contribution is 2.17. The van der Waals surface area contributed by atoms with E-state index in [0.29, 0.717) is 11.9 Å². The van der Waals surface area contributed by atoms with Crippen LogP contribution >= 0.6 is 0 Å². The molecule has 3 nitrogen and oxygen atoms in total. The van der Waals surface area contributed by atoms with Crippen molar-refractivity contribution in [3.8, 4) is 0 Å². The summed E-state index contributed by atoms with van der Waals surface area (Å²) in [6, 6.07) is 0.569. The fraction of sp³-hybridized carbons (Fsp3) is 0.938. The van der Waals surface area contributed by atoms with E-state index in [9.17, 15) is 4.79 Å². The van der Waals surface area contributed by atoms with Crippen LogP contribution in [-0.4, -0.2) is 36.5 Å². The maximum atomic E-state index is 11.8. The summed E-state index contributed by atoms with van der Waals surface area (Å²) in [5, 5.41) is 3.49. The summed E-state index contributed by atoms with van der Waals surface area (Å²) in [6.45, 7) is 13.5. The van der Waals surface area contributed by atoms with Gasteiger partial charge in [0.1, 0.15) is 0 Å². The Labute approximate surface area is 120 Å². The minimum atomic E-state index is 0.363. The molecular weight excluding hydrogens is 236 g/mol. The van der Waals surface area contributed by atoms with Gasteiger partial charge in [-0.25, -0.2) is 0 Å². The summed E-state index contributed by atoms with van der Waals surface area (Å²) < 4.78 is 0. The van der Waals surface area contributed by atoms with E-state index in [1.54, 1.807) is 0 Å². The number of piperidine rings is 1. The summed E-state index contributed by atoms with van der Waals surface area (Å²) in [5.74, 6) is 1.12. The number of unbranched alkanes of at least 4 members (excludes halogenated alkanes) is 1. The average Bonchev–Trinajstić information content (AvgIpc) is 2.45. The number of carbonyl (C=O) groups excluding carboxylic acids is 1. The first-order valence-electron chi connectivity index (χ1n) is 8.14. The first-order chi connectivity index (χ1) is 9.13. The SMILES string of the molecule is CC.CCCCC(=O)N1CCC(CNC(C)C)CC1. The van der Waals surface area contributed by atoms with Crippen molar-refractivity contribution in [3.63, 3.8) is 0 Å². The quantitative estimate of drug-likeness (QED) is 0.802.